The summed E-state index contributed by atoms with van der Waals surface area (Å²) in [5.74, 6) is -3.98. The summed E-state index contributed by atoms with van der Waals surface area (Å²) in [7, 11) is 0. The van der Waals surface area contributed by atoms with Crippen molar-refractivity contribution >= 4 is 17.8 Å². The van der Waals surface area contributed by atoms with E-state index in [1.165, 1.54) is 13.8 Å². The fourth-order valence-electron chi connectivity index (χ4n) is 4.08. The molecule has 0 aromatic carbocycles. The van der Waals surface area contributed by atoms with Gasteiger partial charge in [0.25, 0.3) is 11.5 Å². The van der Waals surface area contributed by atoms with E-state index in [0.29, 0.717) is 6.42 Å². The van der Waals surface area contributed by atoms with Gasteiger partial charge in [0.05, 0.1) is 25.9 Å². The molecule has 1 aliphatic rings. The number of aromatic nitrogens is 2. The largest absolute Gasteiger partial charge is 0.464 e. The molecule has 0 spiro atoms. The Morgan fingerprint density at radius 1 is 1.34 bits per heavy atom. The van der Waals surface area contributed by atoms with E-state index in [4.69, 9.17) is 25.7 Å². The number of carbonyl (C=O) groups is 2. The summed E-state index contributed by atoms with van der Waals surface area (Å²) in [5, 5.41) is 22.2. The first-order valence-corrected chi connectivity index (χ1v) is 12.3. The number of aliphatic imine (C=N–C) groups is 1. The molecule has 5 atom stereocenters. The maximum atomic E-state index is 13.0. The molecular weight excluding hydrogens is 504 g/mol. The van der Waals surface area contributed by atoms with Gasteiger partial charge in [-0.1, -0.05) is 6.92 Å². The van der Waals surface area contributed by atoms with Gasteiger partial charge in [0.2, 0.25) is 0 Å². The molecule has 2 rings (SSSR count). The second-order valence-electron chi connectivity index (χ2n) is 9.46. The molecule has 1 amide bonds. The van der Waals surface area contributed by atoms with Crippen molar-refractivity contribution in [1.82, 2.24) is 14.9 Å². The number of nitrogens with one attached hydrogen (secondary N) is 2. The van der Waals surface area contributed by atoms with Crippen LogP contribution in [0.4, 0.5) is 0 Å². The number of nitrogens with zero attached hydrogens (tertiary/aromatic N) is 2. The molecule has 214 valence electrons. The van der Waals surface area contributed by atoms with Gasteiger partial charge in [0, 0.05) is 24.6 Å². The molecule has 1 aliphatic heterocycles. The van der Waals surface area contributed by atoms with E-state index in [9.17, 15) is 29.4 Å². The molecule has 0 radical (unpaired) electrons. The van der Waals surface area contributed by atoms with Gasteiger partial charge < -0.3 is 41.2 Å². The quantitative estimate of drug-likeness (QED) is 0.0531. The Morgan fingerprint density at radius 2 is 2.03 bits per heavy atom. The van der Waals surface area contributed by atoms with Crippen LogP contribution in [0, 0.1) is 11.8 Å². The summed E-state index contributed by atoms with van der Waals surface area (Å²) in [4.78, 5) is 56.5. The van der Waals surface area contributed by atoms with Gasteiger partial charge in [-0.05, 0) is 33.6 Å². The highest BCUT2D eigenvalue weighted by Crippen LogP contribution is 2.38. The summed E-state index contributed by atoms with van der Waals surface area (Å²) in [6.45, 7) is 6.21. The monoisotopic (exact) mass is 542 g/mol. The third-order valence-corrected chi connectivity index (χ3v) is 6.03. The standard InChI is InChI=1S/C23H38N6O9/c1-5-36-20(33)15(7-6-8-26-21(24)25)27-17(31)13-9-29(22(34)28-18(13)32)19-12(2)14(16(10-30)38-19)11-37-23(3,4)35/h9,12,14-16,19,30,35H,5-8,10-11H2,1-4H3,(H,27,31)(H4,24,25,26)(H,28,32,34)/t12-,14+,15-,16?,19?/m0/s1. The summed E-state index contributed by atoms with van der Waals surface area (Å²) in [6, 6.07) is -1.10. The molecule has 1 fully saturated rings. The predicted molar refractivity (Wildman–Crippen MR) is 135 cm³/mol. The lowest BCUT2D eigenvalue weighted by molar-refractivity contribution is -0.188. The number of aromatic amines is 1. The molecule has 1 aromatic heterocycles. The van der Waals surface area contributed by atoms with Crippen molar-refractivity contribution in [2.75, 3.05) is 26.4 Å². The number of esters is 1. The van der Waals surface area contributed by atoms with Crippen molar-refractivity contribution in [2.24, 2.45) is 28.3 Å². The van der Waals surface area contributed by atoms with Crippen molar-refractivity contribution in [2.45, 2.75) is 64.7 Å². The summed E-state index contributed by atoms with van der Waals surface area (Å²) < 4.78 is 17.4. The molecule has 0 saturated carbocycles. The zero-order valence-corrected chi connectivity index (χ0v) is 22.0. The van der Waals surface area contributed by atoms with Gasteiger partial charge in [0.15, 0.2) is 11.7 Å². The first kappa shape index (κ1) is 31.0. The Kier molecular flexibility index (Phi) is 11.0. The number of aliphatic hydroxyl groups excluding tert-OH is 1. The van der Waals surface area contributed by atoms with Crippen LogP contribution in [0.25, 0.3) is 0 Å². The number of hydrogen-bond donors (Lipinski definition) is 6. The van der Waals surface area contributed by atoms with Crippen molar-refractivity contribution in [3.05, 3.63) is 32.6 Å². The van der Waals surface area contributed by atoms with E-state index in [0.717, 1.165) is 10.8 Å². The highest BCUT2D eigenvalue weighted by Gasteiger charge is 2.44. The fourth-order valence-corrected chi connectivity index (χ4v) is 4.08. The van der Waals surface area contributed by atoms with Gasteiger partial charge in [-0.25, -0.2) is 9.59 Å². The molecular formula is C23H38N6O9. The highest BCUT2D eigenvalue weighted by molar-refractivity contribution is 5.96. The van der Waals surface area contributed by atoms with Crippen molar-refractivity contribution in [1.29, 1.82) is 0 Å². The minimum atomic E-state index is -1.42. The highest BCUT2D eigenvalue weighted by atomic mass is 16.6. The molecule has 2 unspecified atom stereocenters. The average molecular weight is 543 g/mol. The average Bonchev–Trinajstić information content (AvgIpc) is 3.14. The third-order valence-electron chi connectivity index (χ3n) is 6.03. The van der Waals surface area contributed by atoms with Gasteiger partial charge in [-0.2, -0.15) is 0 Å². The van der Waals surface area contributed by atoms with E-state index in [2.05, 4.69) is 15.3 Å². The van der Waals surface area contributed by atoms with Crippen LogP contribution in [0.1, 0.15) is 57.1 Å². The lowest BCUT2D eigenvalue weighted by Crippen LogP contribution is -2.45. The zero-order valence-electron chi connectivity index (χ0n) is 22.0. The first-order chi connectivity index (χ1) is 17.8. The van der Waals surface area contributed by atoms with Crippen LogP contribution in [0.3, 0.4) is 0 Å². The molecule has 15 heteroatoms. The van der Waals surface area contributed by atoms with Gasteiger partial charge in [-0.15, -0.1) is 0 Å². The topological polar surface area (TPSA) is 234 Å². The number of rotatable bonds is 13. The number of H-pyrrole nitrogens is 1. The summed E-state index contributed by atoms with van der Waals surface area (Å²) in [5.41, 5.74) is 8.37. The Labute approximate surface area is 219 Å². The Morgan fingerprint density at radius 3 is 2.61 bits per heavy atom. The molecule has 1 saturated heterocycles. The summed E-state index contributed by atoms with van der Waals surface area (Å²) >= 11 is 0. The van der Waals surface area contributed by atoms with Crippen LogP contribution in [0.5, 0.6) is 0 Å². The Bertz CT molecular complexity index is 1110. The minimum absolute atomic E-state index is 0.0267. The number of amides is 1. The summed E-state index contributed by atoms with van der Waals surface area (Å²) in [6.07, 6.45) is -0.178. The van der Waals surface area contributed by atoms with Crippen LogP contribution < -0.4 is 28.0 Å². The first-order valence-electron chi connectivity index (χ1n) is 12.3. The molecule has 15 nitrogen and oxygen atoms in total. The second-order valence-corrected chi connectivity index (χ2v) is 9.46. The van der Waals surface area contributed by atoms with Crippen LogP contribution in [0.2, 0.25) is 0 Å². The lowest BCUT2D eigenvalue weighted by Gasteiger charge is -2.25. The van der Waals surface area contributed by atoms with E-state index in [1.807, 2.05) is 0 Å². The van der Waals surface area contributed by atoms with Crippen LogP contribution in [0.15, 0.2) is 20.8 Å². The Hall–Kier alpha value is -3.27. The van der Waals surface area contributed by atoms with E-state index in [1.54, 1.807) is 13.8 Å². The van der Waals surface area contributed by atoms with Crippen LogP contribution >= 0.6 is 0 Å². The molecule has 8 N–H and O–H groups in total. The number of hydrogen-bond acceptors (Lipinski definition) is 10. The second kappa shape index (κ2) is 13.5. The normalized spacial score (nSPS) is 22.1. The SMILES string of the molecule is CCOC(=O)[C@H](CCCN=C(N)N)NC(=O)c1cn(C2OC(CO)[C@H](COC(C)(C)O)[C@@H]2C)c(=O)[nH]c1=O. The van der Waals surface area contributed by atoms with E-state index in [-0.39, 0.29) is 38.7 Å². The zero-order chi connectivity index (χ0) is 28.6. The molecule has 38 heavy (non-hydrogen) atoms. The number of carbonyl (C=O) groups excluding carboxylic acids is 2. The number of nitrogens with two attached hydrogens (primary N) is 2. The third kappa shape index (κ3) is 8.37. The molecule has 0 aliphatic carbocycles. The predicted octanol–water partition coefficient (Wildman–Crippen LogP) is -1.86. The maximum absolute atomic E-state index is 13.0. The minimum Gasteiger partial charge on any atom is -0.464 e. The van der Waals surface area contributed by atoms with Crippen molar-refractivity contribution in [3.63, 3.8) is 0 Å². The smallest absolute Gasteiger partial charge is 0.330 e. The molecule has 1 aromatic rings. The van der Waals surface area contributed by atoms with Gasteiger partial charge in [0.1, 0.15) is 17.8 Å². The number of guanidine groups is 1. The van der Waals surface area contributed by atoms with E-state index >= 15 is 0 Å². The Balaban J connectivity index is 2.29. The van der Waals surface area contributed by atoms with Gasteiger partial charge >= 0.3 is 11.7 Å². The van der Waals surface area contributed by atoms with Gasteiger partial charge in [-0.3, -0.25) is 24.1 Å². The van der Waals surface area contributed by atoms with E-state index < -0.39 is 64.7 Å². The lowest BCUT2D eigenvalue weighted by atomic mass is 9.91. The number of aliphatic hydroxyl groups is 2. The van der Waals surface area contributed by atoms with Crippen molar-refractivity contribution in [3.8, 4) is 0 Å². The molecule has 2 heterocycles. The fraction of sp³-hybridized carbons (Fsp3) is 0.696. The maximum Gasteiger partial charge on any atom is 0.330 e. The number of ether oxygens (including phenoxy) is 3. The van der Waals surface area contributed by atoms with Crippen LogP contribution in [-0.4, -0.2) is 81.9 Å². The van der Waals surface area contributed by atoms with Crippen LogP contribution in [-0.2, 0) is 19.0 Å². The van der Waals surface area contributed by atoms with Crippen molar-refractivity contribution < 1.29 is 34.0 Å². The molecule has 0 bridgehead atoms.